The largest absolute Gasteiger partial charge is 0.496 e. The molecule has 0 saturated carbocycles. The lowest BCUT2D eigenvalue weighted by molar-refractivity contribution is -0.177. The Morgan fingerprint density at radius 3 is 2.48 bits per heavy atom. The molecule has 0 spiro atoms. The van der Waals surface area contributed by atoms with Crippen LogP contribution >= 0.6 is 0 Å². The van der Waals surface area contributed by atoms with Crippen LogP contribution in [0.3, 0.4) is 0 Å². The Labute approximate surface area is 157 Å². The highest BCUT2D eigenvalue weighted by Gasteiger charge is 2.39. The van der Waals surface area contributed by atoms with Crippen molar-refractivity contribution in [1.29, 1.82) is 0 Å². The van der Waals surface area contributed by atoms with Gasteiger partial charge in [0, 0.05) is 29.5 Å². The molecule has 1 aromatic carbocycles. The third kappa shape index (κ3) is 5.08. The maximum atomic E-state index is 12.1. The summed E-state index contributed by atoms with van der Waals surface area (Å²) in [5, 5.41) is 21.9. The number of methoxy groups -OCH3 is 1. The van der Waals surface area contributed by atoms with Crippen LogP contribution in [-0.4, -0.2) is 35.0 Å². The number of aliphatic hydroxyl groups excluding tert-OH is 1. The fraction of sp³-hybridized carbons (Fsp3) is 0.500. The number of aliphatic hydroxyl groups is 2. The Bertz CT molecular complexity index is 861. The third-order valence-electron chi connectivity index (χ3n) is 4.11. The number of benzene rings is 1. The van der Waals surface area contributed by atoms with Gasteiger partial charge in [-0.2, -0.15) is 0 Å². The van der Waals surface area contributed by atoms with E-state index in [0.717, 1.165) is 0 Å². The lowest BCUT2D eigenvalue weighted by Gasteiger charge is -2.33. The summed E-state index contributed by atoms with van der Waals surface area (Å²) >= 11 is 0. The van der Waals surface area contributed by atoms with E-state index in [2.05, 4.69) is 0 Å². The van der Waals surface area contributed by atoms with E-state index < -0.39 is 29.4 Å². The molecule has 0 fully saturated rings. The number of rotatable bonds is 7. The van der Waals surface area contributed by atoms with E-state index in [9.17, 15) is 19.8 Å². The summed E-state index contributed by atoms with van der Waals surface area (Å²) in [5.41, 5.74) is -1.40. The molecule has 0 unspecified atom stereocenters. The number of carbonyl (C=O) groups is 1. The van der Waals surface area contributed by atoms with Crippen molar-refractivity contribution in [2.75, 3.05) is 7.11 Å². The van der Waals surface area contributed by atoms with Crippen molar-refractivity contribution >= 4 is 16.9 Å². The van der Waals surface area contributed by atoms with Crippen LogP contribution in [0, 0.1) is 5.92 Å². The SMILES string of the molecule is COc1cc2oc(=O)ccc2cc1[C@H](O)[C@H](OC(=O)CC(C)C)C(C)(C)O. The molecule has 0 aliphatic rings. The summed E-state index contributed by atoms with van der Waals surface area (Å²) in [7, 11) is 1.41. The molecular formula is C20H26O7. The molecule has 0 saturated heterocycles. The van der Waals surface area contributed by atoms with Crippen LogP contribution < -0.4 is 10.4 Å². The molecule has 0 radical (unpaired) electrons. The topological polar surface area (TPSA) is 106 Å². The number of hydrogen-bond acceptors (Lipinski definition) is 7. The predicted octanol–water partition coefficient (Wildman–Crippen LogP) is 2.56. The van der Waals surface area contributed by atoms with Gasteiger partial charge in [0.1, 0.15) is 17.4 Å². The Morgan fingerprint density at radius 1 is 1.26 bits per heavy atom. The minimum Gasteiger partial charge on any atom is -0.496 e. The van der Waals surface area contributed by atoms with Crippen LogP contribution in [0.4, 0.5) is 0 Å². The summed E-state index contributed by atoms with van der Waals surface area (Å²) in [5.74, 6) is -0.185. The summed E-state index contributed by atoms with van der Waals surface area (Å²) in [6, 6.07) is 5.88. The lowest BCUT2D eigenvalue weighted by atomic mass is 9.91. The molecule has 1 aromatic heterocycles. The second-order valence-electron chi connectivity index (χ2n) is 7.49. The van der Waals surface area contributed by atoms with Gasteiger partial charge in [0.05, 0.1) is 12.7 Å². The van der Waals surface area contributed by atoms with E-state index in [1.165, 1.54) is 33.1 Å². The van der Waals surface area contributed by atoms with Crippen molar-refractivity contribution in [1.82, 2.24) is 0 Å². The molecule has 7 heteroatoms. The van der Waals surface area contributed by atoms with Crippen LogP contribution in [0.2, 0.25) is 0 Å². The van der Waals surface area contributed by atoms with Gasteiger partial charge >= 0.3 is 11.6 Å². The van der Waals surface area contributed by atoms with Gasteiger partial charge in [0.15, 0.2) is 6.10 Å². The minimum absolute atomic E-state index is 0.0789. The first-order valence-corrected chi connectivity index (χ1v) is 8.74. The van der Waals surface area contributed by atoms with Crippen LogP contribution in [0.25, 0.3) is 11.0 Å². The zero-order valence-corrected chi connectivity index (χ0v) is 16.2. The smallest absolute Gasteiger partial charge is 0.336 e. The number of ether oxygens (including phenoxy) is 2. The Kier molecular flexibility index (Phi) is 6.28. The predicted molar refractivity (Wildman–Crippen MR) is 99.6 cm³/mol. The maximum Gasteiger partial charge on any atom is 0.336 e. The molecule has 2 aromatic rings. The van der Waals surface area contributed by atoms with Gasteiger partial charge in [-0.25, -0.2) is 4.79 Å². The standard InChI is InChI=1S/C20H26O7/c1-11(2)8-17(22)27-19(20(3,4)24)18(23)13-9-12-6-7-16(21)26-14(12)10-15(13)25-5/h6-7,9-11,18-19,23-24H,8H2,1-5H3/t18-,19-/m0/s1. The monoisotopic (exact) mass is 378 g/mol. The first kappa shape index (κ1) is 20.9. The van der Waals surface area contributed by atoms with Gasteiger partial charge in [0.25, 0.3) is 0 Å². The molecule has 0 amide bonds. The van der Waals surface area contributed by atoms with E-state index in [-0.39, 0.29) is 18.1 Å². The van der Waals surface area contributed by atoms with Gasteiger partial charge in [-0.05, 0) is 31.9 Å². The molecule has 0 aliphatic heterocycles. The molecule has 1 heterocycles. The number of esters is 1. The molecule has 148 valence electrons. The van der Waals surface area contributed by atoms with Gasteiger partial charge in [-0.15, -0.1) is 0 Å². The highest BCUT2D eigenvalue weighted by atomic mass is 16.6. The highest BCUT2D eigenvalue weighted by molar-refractivity contribution is 5.79. The lowest BCUT2D eigenvalue weighted by Crippen LogP contribution is -2.44. The van der Waals surface area contributed by atoms with Crippen molar-refractivity contribution in [3.8, 4) is 5.75 Å². The van der Waals surface area contributed by atoms with Gasteiger partial charge in [0.2, 0.25) is 0 Å². The quantitative estimate of drug-likeness (QED) is 0.563. The van der Waals surface area contributed by atoms with Crippen molar-refractivity contribution in [3.05, 3.63) is 40.2 Å². The second kappa shape index (κ2) is 8.10. The van der Waals surface area contributed by atoms with Crippen molar-refractivity contribution < 1.29 is 28.9 Å². The van der Waals surface area contributed by atoms with Crippen LogP contribution in [0.1, 0.15) is 45.8 Å². The summed E-state index contributed by atoms with van der Waals surface area (Å²) in [4.78, 5) is 23.5. The average Bonchev–Trinajstić information content (AvgIpc) is 2.56. The molecule has 2 N–H and O–H groups in total. The van der Waals surface area contributed by atoms with E-state index in [0.29, 0.717) is 16.5 Å². The first-order valence-electron chi connectivity index (χ1n) is 8.74. The second-order valence-corrected chi connectivity index (χ2v) is 7.49. The third-order valence-corrected chi connectivity index (χ3v) is 4.11. The van der Waals surface area contributed by atoms with E-state index in [4.69, 9.17) is 13.9 Å². The molecule has 0 aliphatic carbocycles. The average molecular weight is 378 g/mol. The molecule has 2 atom stereocenters. The van der Waals surface area contributed by atoms with Crippen LogP contribution in [0.5, 0.6) is 5.75 Å². The molecule has 0 bridgehead atoms. The van der Waals surface area contributed by atoms with Crippen LogP contribution in [0.15, 0.2) is 33.5 Å². The summed E-state index contributed by atoms with van der Waals surface area (Å²) < 4.78 is 15.8. The summed E-state index contributed by atoms with van der Waals surface area (Å²) in [6.45, 7) is 6.65. The minimum atomic E-state index is -1.50. The zero-order valence-electron chi connectivity index (χ0n) is 16.2. The van der Waals surface area contributed by atoms with Crippen molar-refractivity contribution in [2.24, 2.45) is 5.92 Å². The zero-order chi connectivity index (χ0) is 20.4. The molecule has 7 nitrogen and oxygen atoms in total. The number of fused-ring (bicyclic) bond motifs is 1. The fourth-order valence-corrected chi connectivity index (χ4v) is 2.80. The van der Waals surface area contributed by atoms with Gasteiger partial charge < -0.3 is 24.1 Å². The van der Waals surface area contributed by atoms with E-state index in [1.807, 2.05) is 13.8 Å². The normalized spacial score (nSPS) is 14.2. The van der Waals surface area contributed by atoms with Crippen LogP contribution in [-0.2, 0) is 9.53 Å². The van der Waals surface area contributed by atoms with Crippen molar-refractivity contribution in [3.63, 3.8) is 0 Å². The first-order chi connectivity index (χ1) is 12.5. The maximum absolute atomic E-state index is 12.1. The molecular weight excluding hydrogens is 352 g/mol. The summed E-state index contributed by atoms with van der Waals surface area (Å²) in [6.07, 6.45) is -2.41. The Morgan fingerprint density at radius 2 is 1.93 bits per heavy atom. The highest BCUT2D eigenvalue weighted by Crippen LogP contribution is 2.35. The van der Waals surface area contributed by atoms with Gasteiger partial charge in [-0.3, -0.25) is 4.79 Å². The Hall–Kier alpha value is -2.38. The van der Waals surface area contributed by atoms with Gasteiger partial charge in [-0.1, -0.05) is 13.8 Å². The molecule has 27 heavy (non-hydrogen) atoms. The number of carbonyl (C=O) groups excluding carboxylic acids is 1. The van der Waals surface area contributed by atoms with E-state index in [1.54, 1.807) is 12.1 Å². The molecule has 2 rings (SSSR count). The Balaban J connectivity index is 2.47. The van der Waals surface area contributed by atoms with Crippen molar-refractivity contribution in [2.45, 2.75) is 51.9 Å². The number of hydrogen-bond donors (Lipinski definition) is 2. The fourth-order valence-electron chi connectivity index (χ4n) is 2.80. The van der Waals surface area contributed by atoms with E-state index >= 15 is 0 Å².